The maximum absolute atomic E-state index is 9.17. The molecule has 0 nitrogen and oxygen atoms in total. The summed E-state index contributed by atoms with van der Waals surface area (Å²) in [6, 6.07) is -7.36. The zero-order valence-electron chi connectivity index (χ0n) is 31.5. The zero-order chi connectivity index (χ0) is 32.4. The van der Waals surface area contributed by atoms with Gasteiger partial charge in [0, 0.05) is 16.4 Å². The van der Waals surface area contributed by atoms with Crippen molar-refractivity contribution in [1.29, 1.82) is 0 Å². The summed E-state index contributed by atoms with van der Waals surface area (Å²) in [4.78, 5) is 0. The number of benzene rings is 2. The van der Waals surface area contributed by atoms with Gasteiger partial charge in [-0.05, 0) is 11.0 Å². The molecule has 3 rings (SSSR count). The van der Waals surface area contributed by atoms with Gasteiger partial charge in [-0.2, -0.15) is 0 Å². The summed E-state index contributed by atoms with van der Waals surface area (Å²) in [6.45, 7) is -10.2. The third-order valence-corrected chi connectivity index (χ3v) is 8.75. The predicted octanol–water partition coefficient (Wildman–Crippen LogP) is 2.94. The van der Waals surface area contributed by atoms with E-state index >= 15 is 0 Å². The van der Waals surface area contributed by atoms with E-state index < -0.39 is 111 Å². The van der Waals surface area contributed by atoms with Gasteiger partial charge in [0.1, 0.15) is 16.1 Å². The summed E-state index contributed by atoms with van der Waals surface area (Å²) in [5.74, 6) is 0. The first kappa shape index (κ1) is 4.70. The molecule has 0 spiro atoms. The molecule has 0 saturated heterocycles. The third-order valence-electron chi connectivity index (χ3n) is 3.75. The quantitative estimate of drug-likeness (QED) is 0.645. The van der Waals surface area contributed by atoms with Crippen LogP contribution in [0.5, 0.6) is 0 Å². The SMILES string of the molecule is [2H]c1c([2H])c([2H])c2c(c1[2H])[Si](C([2H])([2H])[2H])(C([2H])([2H])[2H])c1c([2H])c([2H])c(C(C)(C)C)c([2H])c1[Si]2(C([2H])([2H])[2H])C([2H])([2H])[2H]. The zero-order valence-corrected chi connectivity index (χ0v) is 14.5. The van der Waals surface area contributed by atoms with E-state index in [2.05, 4.69) is 0 Å². The van der Waals surface area contributed by atoms with E-state index in [9.17, 15) is 1.37 Å². The van der Waals surface area contributed by atoms with Crippen molar-refractivity contribution < 1.29 is 26.0 Å². The number of hydrogen-bond donors (Lipinski definition) is 0. The molecule has 2 aromatic rings. The number of fused-ring (bicyclic) bond motifs is 2. The summed E-state index contributed by atoms with van der Waals surface area (Å²) >= 11 is 0. The molecular formula is C20H28Si2. The van der Waals surface area contributed by atoms with Gasteiger partial charge >= 0.3 is 0 Å². The lowest BCUT2D eigenvalue weighted by molar-refractivity contribution is 0.591. The number of rotatable bonds is 0. The summed E-state index contributed by atoms with van der Waals surface area (Å²) in [5.41, 5.74) is -1.52. The highest BCUT2D eigenvalue weighted by molar-refractivity contribution is 7.16. The normalized spacial score (nSPS) is 33.3. The van der Waals surface area contributed by atoms with Gasteiger partial charge in [0.2, 0.25) is 0 Å². The van der Waals surface area contributed by atoms with Gasteiger partial charge in [-0.15, -0.1) is 0 Å². The van der Waals surface area contributed by atoms with Gasteiger partial charge in [0.25, 0.3) is 0 Å². The van der Waals surface area contributed by atoms with Crippen molar-refractivity contribution in [2.75, 3.05) is 0 Å². The average molecular weight is 344 g/mol. The van der Waals surface area contributed by atoms with E-state index in [1.54, 1.807) is 0 Å². The van der Waals surface area contributed by atoms with E-state index in [0.717, 1.165) is 0 Å². The molecule has 2 heteroatoms. The maximum atomic E-state index is 9.17. The molecule has 0 atom stereocenters. The van der Waals surface area contributed by atoms with Crippen LogP contribution in [-0.4, -0.2) is 16.1 Å². The van der Waals surface area contributed by atoms with Crippen molar-refractivity contribution in [1.82, 2.24) is 0 Å². The van der Waals surface area contributed by atoms with Gasteiger partial charge in [0.05, 0.1) is 9.60 Å². The Balaban J connectivity index is 3.14. The predicted molar refractivity (Wildman–Crippen MR) is 105 cm³/mol. The van der Waals surface area contributed by atoms with Crippen LogP contribution in [0.2, 0.25) is 25.9 Å². The van der Waals surface area contributed by atoms with Crippen molar-refractivity contribution >= 4 is 36.9 Å². The molecule has 0 fully saturated rings. The second kappa shape index (κ2) is 4.68. The van der Waals surface area contributed by atoms with E-state index in [4.69, 9.17) is 24.7 Å². The Kier molecular flexibility index (Phi) is 1.00. The molecule has 0 saturated carbocycles. The van der Waals surface area contributed by atoms with E-state index in [0.29, 0.717) is 0 Å². The number of hydrogen-bond acceptors (Lipinski definition) is 0. The van der Waals surface area contributed by atoms with Crippen LogP contribution in [0.15, 0.2) is 42.3 Å². The second-order valence-electron chi connectivity index (χ2n) is 6.50. The largest absolute Gasteiger partial charge is 0.111 e. The van der Waals surface area contributed by atoms with Crippen molar-refractivity contribution in [2.24, 2.45) is 0 Å². The van der Waals surface area contributed by atoms with Crippen LogP contribution < -0.4 is 20.7 Å². The van der Waals surface area contributed by atoms with Gasteiger partial charge in [-0.3, -0.25) is 0 Å². The Morgan fingerprint density at radius 2 is 1.27 bits per heavy atom. The molecule has 0 N–H and O–H groups in total. The van der Waals surface area contributed by atoms with Crippen LogP contribution in [0, 0.1) is 0 Å². The third kappa shape index (κ3) is 2.16. The summed E-state index contributed by atoms with van der Waals surface area (Å²) in [5, 5.41) is -4.32. The highest BCUT2D eigenvalue weighted by Gasteiger charge is 2.43. The molecule has 1 aliphatic rings. The first-order valence-electron chi connectivity index (χ1n) is 16.2. The van der Waals surface area contributed by atoms with Crippen LogP contribution in [0.25, 0.3) is 0 Å². The van der Waals surface area contributed by atoms with Crippen LogP contribution in [0.1, 0.15) is 52.4 Å². The Morgan fingerprint density at radius 1 is 0.773 bits per heavy atom. The molecule has 22 heavy (non-hydrogen) atoms. The Labute approximate surface area is 164 Å². The first-order chi connectivity index (χ1) is 18.0. The van der Waals surface area contributed by atoms with E-state index in [1.807, 2.05) is 0 Å². The summed E-state index contributed by atoms with van der Waals surface area (Å²) in [6.07, 6.45) is 0. The fourth-order valence-electron chi connectivity index (χ4n) is 2.47. The fourth-order valence-corrected chi connectivity index (χ4v) is 8.03. The van der Waals surface area contributed by atoms with Crippen LogP contribution in [-0.2, 0) is 5.41 Å². The molecule has 2 aromatic carbocycles. The maximum Gasteiger partial charge on any atom is 0.111 e. The molecule has 116 valence electrons. The molecule has 1 aliphatic heterocycles. The molecular weight excluding hydrogens is 296 g/mol. The highest BCUT2D eigenvalue weighted by atomic mass is 28.3. The van der Waals surface area contributed by atoms with Gasteiger partial charge in [0.15, 0.2) is 0 Å². The Hall–Kier alpha value is -1.13. The molecule has 0 radical (unpaired) electrons. The minimum Gasteiger partial charge on any atom is -0.0627 e. The van der Waals surface area contributed by atoms with Crippen LogP contribution in [0.4, 0.5) is 0 Å². The minimum absolute atomic E-state index is 0.310. The molecule has 0 unspecified atom stereocenters. The lowest BCUT2D eigenvalue weighted by Gasteiger charge is -2.42. The van der Waals surface area contributed by atoms with Crippen molar-refractivity contribution in [3.63, 3.8) is 0 Å². The van der Waals surface area contributed by atoms with E-state index in [-0.39, 0.29) is 5.56 Å². The van der Waals surface area contributed by atoms with Crippen molar-refractivity contribution in [3.05, 3.63) is 47.9 Å². The van der Waals surface area contributed by atoms with Gasteiger partial charge in [-0.1, -0.05) is 110 Å². The topological polar surface area (TPSA) is 0 Å². The summed E-state index contributed by atoms with van der Waals surface area (Å²) in [7, 11) is -11.8. The van der Waals surface area contributed by atoms with Crippen LogP contribution in [0.3, 0.4) is 0 Å². The van der Waals surface area contributed by atoms with Crippen LogP contribution >= 0.6 is 0 Å². The van der Waals surface area contributed by atoms with Gasteiger partial charge in [-0.25, -0.2) is 0 Å². The minimum atomic E-state index is -5.90. The Bertz CT molecular complexity index is 1410. The fraction of sp³-hybridized carbons (Fsp3) is 0.400. The lowest BCUT2D eigenvalue weighted by Crippen LogP contribution is -2.77. The molecule has 0 amide bonds. The van der Waals surface area contributed by atoms with Crippen molar-refractivity contribution in [3.8, 4) is 0 Å². The average Bonchev–Trinajstić information content (AvgIpc) is 2.73. The smallest absolute Gasteiger partial charge is 0.0627 e. The highest BCUT2D eigenvalue weighted by Crippen LogP contribution is 2.23. The van der Waals surface area contributed by atoms with E-state index in [1.165, 1.54) is 20.8 Å². The molecule has 0 aromatic heterocycles. The van der Waals surface area contributed by atoms with Crippen molar-refractivity contribution in [2.45, 2.75) is 52.1 Å². The molecule has 1 heterocycles. The Morgan fingerprint density at radius 3 is 1.77 bits per heavy atom. The first-order valence-corrected chi connectivity index (χ1v) is 10.8. The molecule has 0 bridgehead atoms. The summed E-state index contributed by atoms with van der Waals surface area (Å²) < 4.78 is 164. The standard InChI is InChI=1S/C20H28Si2/c1-20(2,3)15-12-13-18-19(14-15)22(6,7)17-11-9-8-10-16(17)21(18,4)5/h8-14H,1-7H3/i4D3,5D3,6D3,7D3,8D,9D,10D,11D,12D,13D,14D. The lowest BCUT2D eigenvalue weighted by atomic mass is 9.87. The monoisotopic (exact) mass is 343 g/mol. The molecule has 0 aliphatic carbocycles. The second-order valence-corrected chi connectivity index (χ2v) is 11.5. The van der Waals surface area contributed by atoms with Gasteiger partial charge < -0.3 is 0 Å².